The molecule has 0 aliphatic rings. The lowest BCUT2D eigenvalue weighted by Gasteiger charge is -2.05. The maximum absolute atomic E-state index is 7.32. The summed E-state index contributed by atoms with van der Waals surface area (Å²) in [6, 6.07) is 5.76. The summed E-state index contributed by atoms with van der Waals surface area (Å²) in [6.45, 7) is 4.10. The van der Waals surface area contributed by atoms with Crippen molar-refractivity contribution < 1.29 is 0 Å². The Bertz CT molecular complexity index is 512. The Labute approximate surface area is 87.4 Å². The van der Waals surface area contributed by atoms with Gasteiger partial charge in [-0.25, -0.2) is 4.68 Å². The summed E-state index contributed by atoms with van der Waals surface area (Å²) in [4.78, 5) is 0. The number of rotatable bonds is 2. The normalized spacial score (nSPS) is 11.1. The zero-order chi connectivity index (χ0) is 11.0. The van der Waals surface area contributed by atoms with E-state index in [1.165, 1.54) is 0 Å². The van der Waals surface area contributed by atoms with Crippen molar-refractivity contribution in [2.45, 2.75) is 19.9 Å². The van der Waals surface area contributed by atoms with Crippen molar-refractivity contribution in [3.8, 4) is 0 Å². The van der Waals surface area contributed by atoms with E-state index in [4.69, 9.17) is 11.1 Å². The lowest BCUT2D eigenvalue weighted by Crippen LogP contribution is -2.10. The molecule has 0 unspecified atom stereocenters. The largest absolute Gasteiger partial charge is 0.384 e. The van der Waals surface area contributed by atoms with Gasteiger partial charge in [0.2, 0.25) is 0 Å². The topological polar surface area (TPSA) is 80.6 Å². The number of fused-ring (bicyclic) bond motifs is 1. The zero-order valence-corrected chi connectivity index (χ0v) is 8.73. The van der Waals surface area contributed by atoms with Crippen molar-refractivity contribution in [3.05, 3.63) is 23.8 Å². The number of nitrogen functional groups attached to an aromatic ring is 1. The van der Waals surface area contributed by atoms with E-state index in [0.717, 1.165) is 11.0 Å². The van der Waals surface area contributed by atoms with Gasteiger partial charge in [-0.1, -0.05) is 5.21 Å². The van der Waals surface area contributed by atoms with E-state index in [1.54, 1.807) is 6.07 Å². The molecule has 15 heavy (non-hydrogen) atoms. The molecule has 0 radical (unpaired) electrons. The molecule has 0 amide bonds. The molecule has 0 atom stereocenters. The SMILES string of the molecule is CC(C)n1nnc2cc(C(=N)N)ccc21. The highest BCUT2D eigenvalue weighted by Gasteiger charge is 2.08. The first-order valence-electron chi connectivity index (χ1n) is 4.79. The van der Waals surface area contributed by atoms with E-state index >= 15 is 0 Å². The van der Waals surface area contributed by atoms with E-state index < -0.39 is 0 Å². The minimum absolute atomic E-state index is 0.0518. The number of hydrogen-bond acceptors (Lipinski definition) is 3. The fourth-order valence-electron chi connectivity index (χ4n) is 1.49. The molecule has 1 aromatic heterocycles. The third-order valence-electron chi connectivity index (χ3n) is 2.27. The summed E-state index contributed by atoms with van der Waals surface area (Å²) < 4.78 is 1.85. The van der Waals surface area contributed by atoms with Crippen LogP contribution in [0.3, 0.4) is 0 Å². The van der Waals surface area contributed by atoms with Gasteiger partial charge in [-0.2, -0.15) is 0 Å². The van der Waals surface area contributed by atoms with Crippen molar-refractivity contribution in [2.24, 2.45) is 5.73 Å². The van der Waals surface area contributed by atoms with Crippen molar-refractivity contribution in [1.29, 1.82) is 5.41 Å². The second-order valence-electron chi connectivity index (χ2n) is 3.74. The molecule has 2 aromatic rings. The highest BCUT2D eigenvalue weighted by molar-refractivity contribution is 5.97. The molecule has 78 valence electrons. The molecule has 5 heteroatoms. The van der Waals surface area contributed by atoms with Gasteiger partial charge in [0, 0.05) is 11.6 Å². The van der Waals surface area contributed by atoms with Crippen LogP contribution in [-0.4, -0.2) is 20.8 Å². The molecule has 3 N–H and O–H groups in total. The van der Waals surface area contributed by atoms with Crippen molar-refractivity contribution in [2.75, 3.05) is 0 Å². The summed E-state index contributed by atoms with van der Waals surface area (Å²) in [5.41, 5.74) is 7.82. The Kier molecular flexibility index (Phi) is 2.15. The molecule has 0 aliphatic heterocycles. The summed E-state index contributed by atoms with van der Waals surface area (Å²) in [7, 11) is 0. The van der Waals surface area contributed by atoms with E-state index in [9.17, 15) is 0 Å². The Morgan fingerprint density at radius 3 is 2.80 bits per heavy atom. The summed E-state index contributed by atoms with van der Waals surface area (Å²) in [5, 5.41) is 15.4. The van der Waals surface area contributed by atoms with Crippen LogP contribution in [0.4, 0.5) is 0 Å². The monoisotopic (exact) mass is 203 g/mol. The van der Waals surface area contributed by atoms with Crippen molar-refractivity contribution >= 4 is 16.9 Å². The van der Waals surface area contributed by atoms with Gasteiger partial charge < -0.3 is 5.73 Å². The summed E-state index contributed by atoms with van der Waals surface area (Å²) in [5.74, 6) is 0.0518. The maximum atomic E-state index is 7.32. The highest BCUT2D eigenvalue weighted by Crippen LogP contribution is 2.16. The van der Waals surface area contributed by atoms with Crippen LogP contribution in [0.15, 0.2) is 18.2 Å². The quantitative estimate of drug-likeness (QED) is 0.570. The van der Waals surface area contributed by atoms with Gasteiger partial charge in [0.25, 0.3) is 0 Å². The number of nitrogens with one attached hydrogen (secondary N) is 1. The second kappa shape index (κ2) is 3.34. The number of hydrogen-bond donors (Lipinski definition) is 2. The van der Waals surface area contributed by atoms with E-state index in [1.807, 2.05) is 30.7 Å². The Morgan fingerprint density at radius 2 is 2.20 bits per heavy atom. The summed E-state index contributed by atoms with van der Waals surface area (Å²) in [6.07, 6.45) is 0. The standard InChI is InChI=1S/C10H13N5/c1-6(2)15-9-4-3-7(10(11)12)5-8(9)13-14-15/h3-6H,1-2H3,(H3,11,12). The molecular formula is C10H13N5. The van der Waals surface area contributed by atoms with E-state index in [2.05, 4.69) is 10.3 Å². The molecule has 2 rings (SSSR count). The second-order valence-corrected chi connectivity index (χ2v) is 3.74. The van der Waals surface area contributed by atoms with Gasteiger partial charge in [0.05, 0.1) is 5.52 Å². The third kappa shape index (κ3) is 1.56. The van der Waals surface area contributed by atoms with Crippen LogP contribution in [0.1, 0.15) is 25.5 Å². The van der Waals surface area contributed by atoms with Crippen LogP contribution in [0.25, 0.3) is 11.0 Å². The van der Waals surface area contributed by atoms with Crippen molar-refractivity contribution in [3.63, 3.8) is 0 Å². The fourth-order valence-corrected chi connectivity index (χ4v) is 1.49. The molecule has 0 spiro atoms. The van der Waals surface area contributed by atoms with Gasteiger partial charge in [-0.3, -0.25) is 5.41 Å². The minimum Gasteiger partial charge on any atom is -0.384 e. The first-order valence-corrected chi connectivity index (χ1v) is 4.79. The Morgan fingerprint density at radius 1 is 1.47 bits per heavy atom. The molecule has 1 heterocycles. The van der Waals surface area contributed by atoms with Crippen LogP contribution in [0, 0.1) is 5.41 Å². The molecule has 0 saturated carbocycles. The maximum Gasteiger partial charge on any atom is 0.122 e. The van der Waals surface area contributed by atoms with Crippen LogP contribution < -0.4 is 5.73 Å². The molecule has 0 fully saturated rings. The highest BCUT2D eigenvalue weighted by atomic mass is 15.4. The average Bonchev–Trinajstić information content (AvgIpc) is 2.59. The summed E-state index contributed by atoms with van der Waals surface area (Å²) >= 11 is 0. The minimum atomic E-state index is 0.0518. The van der Waals surface area contributed by atoms with Gasteiger partial charge in [0.1, 0.15) is 11.4 Å². The third-order valence-corrected chi connectivity index (χ3v) is 2.27. The first kappa shape index (κ1) is 9.64. The van der Waals surface area contributed by atoms with Crippen molar-refractivity contribution in [1.82, 2.24) is 15.0 Å². The molecule has 0 aliphatic carbocycles. The van der Waals surface area contributed by atoms with Gasteiger partial charge in [-0.15, -0.1) is 5.10 Å². The molecule has 0 bridgehead atoms. The molecule has 0 saturated heterocycles. The fraction of sp³-hybridized carbons (Fsp3) is 0.300. The van der Waals surface area contributed by atoms with Crippen LogP contribution >= 0.6 is 0 Å². The number of nitrogens with two attached hydrogens (primary N) is 1. The molecule has 1 aromatic carbocycles. The first-order chi connectivity index (χ1) is 7.09. The predicted molar refractivity (Wildman–Crippen MR) is 58.9 cm³/mol. The van der Waals surface area contributed by atoms with Gasteiger partial charge >= 0.3 is 0 Å². The number of nitrogens with zero attached hydrogens (tertiary/aromatic N) is 3. The zero-order valence-electron chi connectivity index (χ0n) is 8.73. The molecular weight excluding hydrogens is 190 g/mol. The Hall–Kier alpha value is -1.91. The van der Waals surface area contributed by atoms with Gasteiger partial charge in [0.15, 0.2) is 0 Å². The number of amidine groups is 1. The van der Waals surface area contributed by atoms with Crippen LogP contribution in [0.5, 0.6) is 0 Å². The predicted octanol–water partition coefficient (Wildman–Crippen LogP) is 1.30. The van der Waals surface area contributed by atoms with Crippen LogP contribution in [0.2, 0.25) is 0 Å². The van der Waals surface area contributed by atoms with Crippen LogP contribution in [-0.2, 0) is 0 Å². The average molecular weight is 203 g/mol. The molecule has 5 nitrogen and oxygen atoms in total. The van der Waals surface area contributed by atoms with Gasteiger partial charge in [-0.05, 0) is 32.0 Å². The van der Waals surface area contributed by atoms with E-state index in [0.29, 0.717) is 5.56 Å². The smallest absolute Gasteiger partial charge is 0.122 e. The number of benzene rings is 1. The number of aromatic nitrogens is 3. The Balaban J connectivity index is 2.61. The lowest BCUT2D eigenvalue weighted by molar-refractivity contribution is 0.530. The lowest BCUT2D eigenvalue weighted by atomic mass is 10.2. The van der Waals surface area contributed by atoms with E-state index in [-0.39, 0.29) is 11.9 Å².